The third-order valence-electron chi connectivity index (χ3n) is 3.22. The Labute approximate surface area is 87.7 Å². The number of hydrogen-bond acceptors (Lipinski definition) is 2. The van der Waals surface area contributed by atoms with Crippen molar-refractivity contribution in [3.05, 3.63) is 0 Å². The Hall–Kier alpha value is -0.370. The molecule has 0 aromatic carbocycles. The number of nitrogens with zero attached hydrogens (tertiary/aromatic N) is 1. The Morgan fingerprint density at radius 3 is 2.86 bits per heavy atom. The molecule has 0 saturated carbocycles. The van der Waals surface area contributed by atoms with Crippen molar-refractivity contribution in [2.45, 2.75) is 52.5 Å². The van der Waals surface area contributed by atoms with Gasteiger partial charge >= 0.3 is 0 Å². The molecule has 2 unspecified atom stereocenters. The second-order valence-electron chi connectivity index (χ2n) is 4.69. The quantitative estimate of drug-likeness (QED) is 0.675. The van der Waals surface area contributed by atoms with Crippen molar-refractivity contribution < 1.29 is 4.79 Å². The predicted molar refractivity (Wildman–Crippen MR) is 59.3 cm³/mol. The maximum absolute atomic E-state index is 11.0. The van der Waals surface area contributed by atoms with Gasteiger partial charge in [0.2, 0.25) is 0 Å². The zero-order valence-corrected chi connectivity index (χ0v) is 9.75. The van der Waals surface area contributed by atoms with Gasteiger partial charge in [0.05, 0.1) is 0 Å². The Balaban J connectivity index is 2.30. The number of Topliss-reactive ketones (excluding diaryl/α,β-unsaturated/α-hetero) is 1. The third kappa shape index (κ3) is 3.41. The highest BCUT2D eigenvalue weighted by atomic mass is 16.1. The topological polar surface area (TPSA) is 20.3 Å². The SMILES string of the molecule is CCCC1CCN(C(C)CC(C)=O)C1. The lowest BCUT2D eigenvalue weighted by Gasteiger charge is -2.23. The second kappa shape index (κ2) is 5.50. The number of ketones is 1. The van der Waals surface area contributed by atoms with Crippen molar-refractivity contribution in [2.24, 2.45) is 5.92 Å². The Kier molecular flexibility index (Phi) is 4.59. The molecule has 0 aromatic heterocycles. The molecule has 1 rings (SSSR count). The number of rotatable bonds is 5. The van der Waals surface area contributed by atoms with Gasteiger partial charge in [0.1, 0.15) is 5.78 Å². The van der Waals surface area contributed by atoms with Crippen LogP contribution in [-0.4, -0.2) is 29.8 Å². The van der Waals surface area contributed by atoms with E-state index >= 15 is 0 Å². The third-order valence-corrected chi connectivity index (χ3v) is 3.22. The van der Waals surface area contributed by atoms with E-state index in [4.69, 9.17) is 0 Å². The molecule has 2 atom stereocenters. The van der Waals surface area contributed by atoms with Crippen LogP contribution in [0.2, 0.25) is 0 Å². The molecule has 2 heteroatoms. The first kappa shape index (κ1) is 11.7. The molecule has 2 nitrogen and oxygen atoms in total. The van der Waals surface area contributed by atoms with Crippen LogP contribution < -0.4 is 0 Å². The molecule has 0 radical (unpaired) electrons. The van der Waals surface area contributed by atoms with Gasteiger partial charge in [-0.15, -0.1) is 0 Å². The summed E-state index contributed by atoms with van der Waals surface area (Å²) in [6.07, 6.45) is 4.69. The van der Waals surface area contributed by atoms with E-state index in [2.05, 4.69) is 18.7 Å². The van der Waals surface area contributed by atoms with Crippen molar-refractivity contribution in [2.75, 3.05) is 13.1 Å². The minimum absolute atomic E-state index is 0.316. The summed E-state index contributed by atoms with van der Waals surface area (Å²) < 4.78 is 0. The van der Waals surface area contributed by atoms with Crippen LogP contribution in [0.5, 0.6) is 0 Å². The molecule has 0 aliphatic carbocycles. The molecule has 0 aromatic rings. The van der Waals surface area contributed by atoms with Crippen molar-refractivity contribution in [1.82, 2.24) is 4.90 Å². The Bertz CT molecular complexity index is 191. The maximum atomic E-state index is 11.0. The average Bonchev–Trinajstić information content (AvgIpc) is 2.52. The van der Waals surface area contributed by atoms with E-state index in [1.807, 2.05) is 0 Å². The Morgan fingerprint density at radius 1 is 1.57 bits per heavy atom. The highest BCUT2D eigenvalue weighted by Gasteiger charge is 2.25. The average molecular weight is 197 g/mol. The molecule has 1 saturated heterocycles. The number of likely N-dealkylation sites (tertiary alicyclic amines) is 1. The van der Waals surface area contributed by atoms with E-state index in [1.54, 1.807) is 6.92 Å². The van der Waals surface area contributed by atoms with E-state index in [-0.39, 0.29) is 0 Å². The van der Waals surface area contributed by atoms with E-state index in [9.17, 15) is 4.79 Å². The molecule has 0 bridgehead atoms. The van der Waals surface area contributed by atoms with Crippen molar-refractivity contribution in [3.8, 4) is 0 Å². The lowest BCUT2D eigenvalue weighted by Crippen LogP contribution is -2.32. The molecule has 0 N–H and O–H groups in total. The summed E-state index contributed by atoms with van der Waals surface area (Å²) in [5, 5.41) is 0. The number of carbonyl (C=O) groups excluding carboxylic acids is 1. The molecule has 1 aliphatic rings. The number of carbonyl (C=O) groups is 1. The van der Waals surface area contributed by atoms with E-state index in [1.165, 1.54) is 32.4 Å². The minimum atomic E-state index is 0.316. The van der Waals surface area contributed by atoms with Gasteiger partial charge in [-0.2, -0.15) is 0 Å². The van der Waals surface area contributed by atoms with Crippen molar-refractivity contribution in [1.29, 1.82) is 0 Å². The molecule has 1 heterocycles. The molecule has 14 heavy (non-hydrogen) atoms. The van der Waals surface area contributed by atoms with Crippen LogP contribution in [0, 0.1) is 5.92 Å². The summed E-state index contributed by atoms with van der Waals surface area (Å²) in [6, 6.07) is 0.453. The first-order valence-corrected chi connectivity index (χ1v) is 5.87. The van der Waals surface area contributed by atoms with Crippen LogP contribution in [0.3, 0.4) is 0 Å². The molecule has 0 spiro atoms. The highest BCUT2D eigenvalue weighted by molar-refractivity contribution is 5.76. The summed E-state index contributed by atoms with van der Waals surface area (Å²) >= 11 is 0. The normalized spacial score (nSPS) is 25.2. The largest absolute Gasteiger partial charge is 0.300 e. The molecule has 1 aliphatic heterocycles. The lowest BCUT2D eigenvalue weighted by atomic mass is 10.0. The van der Waals surface area contributed by atoms with Gasteiger partial charge in [-0.25, -0.2) is 0 Å². The van der Waals surface area contributed by atoms with Crippen molar-refractivity contribution >= 4 is 5.78 Å². The second-order valence-corrected chi connectivity index (χ2v) is 4.69. The fraction of sp³-hybridized carbons (Fsp3) is 0.917. The zero-order valence-electron chi connectivity index (χ0n) is 9.75. The van der Waals surface area contributed by atoms with Gasteiger partial charge in [0.25, 0.3) is 0 Å². The van der Waals surface area contributed by atoms with Crippen LogP contribution in [0.25, 0.3) is 0 Å². The van der Waals surface area contributed by atoms with Crippen molar-refractivity contribution in [3.63, 3.8) is 0 Å². The summed E-state index contributed by atoms with van der Waals surface area (Å²) in [4.78, 5) is 13.5. The smallest absolute Gasteiger partial charge is 0.131 e. The molecule has 1 fully saturated rings. The first-order chi connectivity index (χ1) is 6.63. The van der Waals surface area contributed by atoms with Gasteiger partial charge in [-0.3, -0.25) is 9.69 Å². The van der Waals surface area contributed by atoms with Gasteiger partial charge in [-0.05, 0) is 39.2 Å². The van der Waals surface area contributed by atoms with Crippen LogP contribution in [0.1, 0.15) is 46.5 Å². The minimum Gasteiger partial charge on any atom is -0.300 e. The van der Waals surface area contributed by atoms with E-state index in [0.717, 1.165) is 12.3 Å². The first-order valence-electron chi connectivity index (χ1n) is 5.87. The highest BCUT2D eigenvalue weighted by Crippen LogP contribution is 2.23. The van der Waals surface area contributed by atoms with E-state index < -0.39 is 0 Å². The summed E-state index contributed by atoms with van der Waals surface area (Å²) in [5.74, 6) is 1.20. The Morgan fingerprint density at radius 2 is 2.29 bits per heavy atom. The van der Waals surface area contributed by atoms with Gasteiger partial charge < -0.3 is 0 Å². The zero-order chi connectivity index (χ0) is 10.6. The standard InChI is InChI=1S/C12H23NO/c1-4-5-12-6-7-13(9-12)10(2)8-11(3)14/h10,12H,4-9H2,1-3H3. The van der Waals surface area contributed by atoms with Gasteiger partial charge in [-0.1, -0.05) is 13.3 Å². The fourth-order valence-electron chi connectivity index (χ4n) is 2.45. The number of hydrogen-bond donors (Lipinski definition) is 0. The monoisotopic (exact) mass is 197 g/mol. The van der Waals surface area contributed by atoms with Gasteiger partial charge in [0, 0.05) is 19.0 Å². The van der Waals surface area contributed by atoms with Crippen LogP contribution in [0.4, 0.5) is 0 Å². The molecule has 0 amide bonds. The van der Waals surface area contributed by atoms with Gasteiger partial charge in [0.15, 0.2) is 0 Å². The van der Waals surface area contributed by atoms with Crippen LogP contribution in [-0.2, 0) is 4.79 Å². The summed E-state index contributed by atoms with van der Waals surface area (Å²) in [7, 11) is 0. The predicted octanol–water partition coefficient (Wildman–Crippen LogP) is 2.48. The van der Waals surface area contributed by atoms with E-state index in [0.29, 0.717) is 11.8 Å². The van der Waals surface area contributed by atoms with Crippen LogP contribution in [0.15, 0.2) is 0 Å². The molecule has 82 valence electrons. The maximum Gasteiger partial charge on any atom is 0.131 e. The van der Waals surface area contributed by atoms with Crippen LogP contribution >= 0.6 is 0 Å². The lowest BCUT2D eigenvalue weighted by molar-refractivity contribution is -0.118. The molecular weight excluding hydrogens is 174 g/mol. The molecular formula is C12H23NO. The summed E-state index contributed by atoms with van der Waals surface area (Å²) in [6.45, 7) is 8.52. The fourth-order valence-corrected chi connectivity index (χ4v) is 2.45. The summed E-state index contributed by atoms with van der Waals surface area (Å²) in [5.41, 5.74) is 0.